The molecule has 1 aliphatic heterocycles. The summed E-state index contributed by atoms with van der Waals surface area (Å²) in [6.07, 6.45) is 1.83. The molecule has 0 atom stereocenters. The fourth-order valence-corrected chi connectivity index (χ4v) is 2.38. The molecule has 1 aromatic rings. The largest absolute Gasteiger partial charge is 0.365 e. The van der Waals surface area contributed by atoms with Gasteiger partial charge >= 0.3 is 6.61 Å². The summed E-state index contributed by atoms with van der Waals surface area (Å²) in [5.41, 5.74) is 2.50. The Morgan fingerprint density at radius 1 is 1.26 bits per heavy atom. The van der Waals surface area contributed by atoms with E-state index in [4.69, 9.17) is 0 Å². The fraction of sp³-hybridized carbons (Fsp3) is 0.143. The maximum atomic E-state index is 12.6. The van der Waals surface area contributed by atoms with E-state index in [1.165, 1.54) is 0 Å². The van der Waals surface area contributed by atoms with Gasteiger partial charge in [0.05, 0.1) is 11.4 Å². The third kappa shape index (κ3) is 2.93. The number of nitrogens with zero attached hydrogens (tertiary/aromatic N) is 1. The molecule has 0 spiro atoms. The molecule has 5 heteroatoms. The molecule has 0 amide bonds. The number of hydroxylamine groups is 2. The molecule has 0 fully saturated rings. The van der Waals surface area contributed by atoms with Gasteiger partial charge in [-0.3, -0.25) is 0 Å². The first-order valence-electron chi connectivity index (χ1n) is 5.58. The molecule has 0 aliphatic carbocycles. The lowest BCUT2D eigenvalue weighted by atomic mass is 10.0. The van der Waals surface area contributed by atoms with Crippen molar-refractivity contribution < 1.29 is 13.6 Å². The van der Waals surface area contributed by atoms with Crippen molar-refractivity contribution in [3.05, 3.63) is 64.3 Å². The number of benzene rings is 1. The molecule has 1 heterocycles. The van der Waals surface area contributed by atoms with E-state index in [2.05, 4.69) is 27.3 Å². The van der Waals surface area contributed by atoms with Crippen molar-refractivity contribution >= 4 is 21.6 Å². The number of allylic oxidation sites excluding steroid dienone is 3. The Labute approximate surface area is 118 Å². The summed E-state index contributed by atoms with van der Waals surface area (Å²) < 4.78 is 25.8. The molecule has 1 aromatic carbocycles. The summed E-state index contributed by atoms with van der Waals surface area (Å²) in [6.45, 7) is 2.67. The van der Waals surface area contributed by atoms with Crippen LogP contribution in [0.4, 0.5) is 8.78 Å². The molecule has 0 aromatic heterocycles. The maximum absolute atomic E-state index is 12.6. The molecule has 0 unspecified atom stereocenters. The lowest BCUT2D eigenvalue weighted by molar-refractivity contribution is -0.239. The summed E-state index contributed by atoms with van der Waals surface area (Å²) in [5.74, 6) is 0. The second-order valence-corrected chi connectivity index (χ2v) is 4.85. The van der Waals surface area contributed by atoms with Crippen LogP contribution < -0.4 is 0 Å². The van der Waals surface area contributed by atoms with Gasteiger partial charge in [0.2, 0.25) is 0 Å². The third-order valence-electron chi connectivity index (χ3n) is 2.67. The van der Waals surface area contributed by atoms with Crippen molar-refractivity contribution in [2.24, 2.45) is 0 Å². The fourth-order valence-electron chi connectivity index (χ4n) is 1.87. The topological polar surface area (TPSA) is 12.5 Å². The van der Waals surface area contributed by atoms with Crippen molar-refractivity contribution in [1.29, 1.82) is 0 Å². The van der Waals surface area contributed by atoms with Crippen LogP contribution in [0.2, 0.25) is 0 Å². The van der Waals surface area contributed by atoms with Gasteiger partial charge in [-0.15, -0.1) is 0 Å². The first-order chi connectivity index (χ1) is 9.00. The van der Waals surface area contributed by atoms with Gasteiger partial charge in [-0.1, -0.05) is 36.9 Å². The van der Waals surface area contributed by atoms with Crippen LogP contribution in [-0.2, 0) is 4.84 Å². The zero-order chi connectivity index (χ0) is 14.0. The van der Waals surface area contributed by atoms with E-state index < -0.39 is 6.61 Å². The number of hydrogen-bond donors (Lipinski definition) is 0. The van der Waals surface area contributed by atoms with Crippen LogP contribution in [0.15, 0.2) is 58.7 Å². The van der Waals surface area contributed by atoms with Crippen molar-refractivity contribution in [1.82, 2.24) is 5.06 Å². The van der Waals surface area contributed by atoms with Gasteiger partial charge in [-0.2, -0.15) is 13.6 Å². The average molecular weight is 328 g/mol. The smallest absolute Gasteiger partial charge is 0.215 e. The van der Waals surface area contributed by atoms with E-state index in [1.807, 2.05) is 43.3 Å². The Bertz CT molecular complexity index is 552. The van der Waals surface area contributed by atoms with E-state index in [1.54, 1.807) is 0 Å². The lowest BCUT2D eigenvalue weighted by Gasteiger charge is -2.31. The van der Waals surface area contributed by atoms with E-state index in [-0.39, 0.29) is 0 Å². The highest BCUT2D eigenvalue weighted by Crippen LogP contribution is 2.37. The van der Waals surface area contributed by atoms with E-state index in [0.29, 0.717) is 15.9 Å². The van der Waals surface area contributed by atoms with Crippen LogP contribution in [0, 0.1) is 0 Å². The molecule has 2 rings (SSSR count). The molecule has 100 valence electrons. The molecular formula is C14H12BrF2NO. The normalized spacial score (nSPS) is 16.2. The van der Waals surface area contributed by atoms with Gasteiger partial charge in [0.25, 0.3) is 0 Å². The highest BCUT2D eigenvalue weighted by atomic mass is 79.9. The van der Waals surface area contributed by atoms with E-state index >= 15 is 0 Å². The van der Waals surface area contributed by atoms with Crippen LogP contribution in [-0.4, -0.2) is 11.7 Å². The Balaban J connectivity index is 2.51. The molecule has 1 aliphatic rings. The number of hydrogen-bond acceptors (Lipinski definition) is 2. The molecule has 0 saturated carbocycles. The quantitative estimate of drug-likeness (QED) is 0.799. The van der Waals surface area contributed by atoms with Crippen LogP contribution in [0.1, 0.15) is 12.5 Å². The Hall–Kier alpha value is -1.46. The standard InChI is InChI=1S/C14H12BrF2NO/c1-9-8-12(15)10(2)18(19-14(16)17)13(9)11-6-4-3-5-7-11/h3-8,14H,2H2,1H3. The predicted molar refractivity (Wildman–Crippen MR) is 74.1 cm³/mol. The van der Waals surface area contributed by atoms with Crippen molar-refractivity contribution in [3.63, 3.8) is 0 Å². The lowest BCUT2D eigenvalue weighted by Crippen LogP contribution is -2.27. The SMILES string of the molecule is C=C1C(Br)=CC(C)=C(c2ccccc2)N1OC(F)F. The first-order valence-corrected chi connectivity index (χ1v) is 6.38. The molecule has 0 radical (unpaired) electrons. The highest BCUT2D eigenvalue weighted by molar-refractivity contribution is 9.12. The molecule has 0 saturated heterocycles. The van der Waals surface area contributed by atoms with Crippen LogP contribution in [0.3, 0.4) is 0 Å². The number of halogens is 3. The second-order valence-electron chi connectivity index (χ2n) is 4.00. The van der Waals surface area contributed by atoms with Gasteiger partial charge in [0.1, 0.15) is 0 Å². The number of alkyl halides is 2. The van der Waals surface area contributed by atoms with Crippen molar-refractivity contribution in [2.75, 3.05) is 0 Å². The predicted octanol–water partition coefficient (Wildman–Crippen LogP) is 4.68. The van der Waals surface area contributed by atoms with E-state index in [0.717, 1.165) is 16.2 Å². The Morgan fingerprint density at radius 2 is 1.89 bits per heavy atom. The summed E-state index contributed by atoms with van der Waals surface area (Å²) in [6, 6.07) is 9.21. The van der Waals surface area contributed by atoms with Gasteiger partial charge in [-0.25, -0.2) is 5.06 Å². The van der Waals surface area contributed by atoms with Gasteiger partial charge in [0, 0.05) is 10.0 Å². The Morgan fingerprint density at radius 3 is 2.47 bits per heavy atom. The van der Waals surface area contributed by atoms with Gasteiger partial charge in [0.15, 0.2) is 0 Å². The molecular weight excluding hydrogens is 316 g/mol. The molecule has 19 heavy (non-hydrogen) atoms. The first kappa shape index (κ1) is 14.0. The summed E-state index contributed by atoms with van der Waals surface area (Å²) in [7, 11) is 0. The van der Waals surface area contributed by atoms with Crippen LogP contribution in [0.25, 0.3) is 5.70 Å². The average Bonchev–Trinajstić information content (AvgIpc) is 2.36. The molecule has 0 bridgehead atoms. The van der Waals surface area contributed by atoms with Gasteiger partial charge < -0.3 is 0 Å². The minimum absolute atomic E-state index is 0.338. The zero-order valence-electron chi connectivity index (χ0n) is 10.2. The van der Waals surface area contributed by atoms with Crippen LogP contribution in [0.5, 0.6) is 0 Å². The third-order valence-corrected chi connectivity index (χ3v) is 3.36. The minimum atomic E-state index is -2.92. The minimum Gasteiger partial charge on any atom is -0.215 e. The summed E-state index contributed by atoms with van der Waals surface area (Å²) in [5, 5.41) is 1.07. The molecule has 2 nitrogen and oxygen atoms in total. The van der Waals surface area contributed by atoms with Crippen LogP contribution >= 0.6 is 15.9 Å². The number of rotatable bonds is 3. The van der Waals surface area contributed by atoms with Crippen molar-refractivity contribution in [3.8, 4) is 0 Å². The van der Waals surface area contributed by atoms with Crippen molar-refractivity contribution in [2.45, 2.75) is 13.5 Å². The summed E-state index contributed by atoms with van der Waals surface area (Å²) in [4.78, 5) is 4.58. The van der Waals surface area contributed by atoms with Gasteiger partial charge in [-0.05, 0) is 34.5 Å². The maximum Gasteiger partial charge on any atom is 0.365 e. The zero-order valence-corrected chi connectivity index (χ0v) is 11.8. The molecule has 0 N–H and O–H groups in total. The van der Waals surface area contributed by atoms with E-state index in [9.17, 15) is 8.78 Å². The Kier molecular flexibility index (Phi) is 4.17. The highest BCUT2D eigenvalue weighted by Gasteiger charge is 2.26. The second kappa shape index (κ2) is 5.67. The summed E-state index contributed by atoms with van der Waals surface area (Å²) >= 11 is 3.29. The monoisotopic (exact) mass is 327 g/mol.